The van der Waals surface area contributed by atoms with Gasteiger partial charge in [-0.15, -0.1) is 5.10 Å². The highest BCUT2D eigenvalue weighted by molar-refractivity contribution is 5.77. The number of hydrogen-bond donors (Lipinski definition) is 1. The van der Waals surface area contributed by atoms with Gasteiger partial charge in [0, 0.05) is 12.3 Å². The molecule has 6 nitrogen and oxygen atoms in total. The molecule has 22 heavy (non-hydrogen) atoms. The smallest absolute Gasteiger partial charge is 0.258 e. The van der Waals surface area contributed by atoms with Crippen molar-refractivity contribution in [2.75, 3.05) is 6.61 Å². The number of nitrogens with zero attached hydrogens (tertiary/aromatic N) is 2. The van der Waals surface area contributed by atoms with Crippen LogP contribution in [0.25, 0.3) is 5.69 Å². The van der Waals surface area contributed by atoms with Crippen LogP contribution in [0.5, 0.6) is 5.88 Å². The van der Waals surface area contributed by atoms with E-state index >= 15 is 0 Å². The van der Waals surface area contributed by atoms with Gasteiger partial charge in [-0.1, -0.05) is 18.2 Å². The van der Waals surface area contributed by atoms with E-state index in [1.165, 1.54) is 0 Å². The van der Waals surface area contributed by atoms with Crippen LogP contribution in [0.1, 0.15) is 5.76 Å². The van der Waals surface area contributed by atoms with Crippen molar-refractivity contribution >= 4 is 5.91 Å². The first-order chi connectivity index (χ1) is 10.8. The number of para-hydroxylation sites is 1. The lowest BCUT2D eigenvalue weighted by molar-refractivity contribution is -0.123. The monoisotopic (exact) mass is 297 g/mol. The van der Waals surface area contributed by atoms with Crippen molar-refractivity contribution in [1.82, 2.24) is 15.1 Å². The summed E-state index contributed by atoms with van der Waals surface area (Å²) in [6, 6.07) is 15.0. The number of nitrogens with one attached hydrogen (secondary N) is 1. The van der Waals surface area contributed by atoms with Crippen molar-refractivity contribution in [2.45, 2.75) is 6.54 Å². The Morgan fingerprint density at radius 1 is 1.18 bits per heavy atom. The van der Waals surface area contributed by atoms with Gasteiger partial charge in [0.15, 0.2) is 6.61 Å². The second-order valence-electron chi connectivity index (χ2n) is 4.58. The minimum absolute atomic E-state index is 0.0908. The molecule has 1 N–H and O–H groups in total. The third-order valence-corrected chi connectivity index (χ3v) is 2.98. The van der Waals surface area contributed by atoms with Crippen molar-refractivity contribution in [1.29, 1.82) is 0 Å². The van der Waals surface area contributed by atoms with Gasteiger partial charge in [-0.2, -0.15) is 0 Å². The molecule has 0 spiro atoms. The lowest BCUT2D eigenvalue weighted by atomic mass is 10.3. The second-order valence-corrected chi connectivity index (χ2v) is 4.58. The van der Waals surface area contributed by atoms with Crippen molar-refractivity contribution in [3.05, 3.63) is 66.8 Å². The summed E-state index contributed by atoms with van der Waals surface area (Å²) < 4.78 is 12.2. The lowest BCUT2D eigenvalue weighted by Gasteiger charge is -2.04. The fraction of sp³-hybridized carbons (Fsp3) is 0.125. The van der Waals surface area contributed by atoms with Crippen LogP contribution in [0.2, 0.25) is 0 Å². The van der Waals surface area contributed by atoms with E-state index in [9.17, 15) is 4.79 Å². The van der Waals surface area contributed by atoms with Gasteiger partial charge in [-0.3, -0.25) is 4.79 Å². The molecule has 0 atom stereocenters. The molecule has 0 bridgehead atoms. The zero-order valence-corrected chi connectivity index (χ0v) is 11.8. The average molecular weight is 297 g/mol. The first-order valence-electron chi connectivity index (χ1n) is 6.84. The first kappa shape index (κ1) is 13.9. The van der Waals surface area contributed by atoms with Gasteiger partial charge in [-0.25, -0.2) is 4.68 Å². The second kappa shape index (κ2) is 6.62. The molecule has 1 aromatic carbocycles. The molecule has 3 aromatic rings. The third kappa shape index (κ3) is 3.54. The predicted molar refractivity (Wildman–Crippen MR) is 79.6 cm³/mol. The molecule has 0 unspecified atom stereocenters. The van der Waals surface area contributed by atoms with Gasteiger partial charge in [-0.05, 0) is 24.3 Å². The van der Waals surface area contributed by atoms with E-state index in [1.807, 2.05) is 30.3 Å². The number of benzene rings is 1. The number of amides is 1. The minimum atomic E-state index is -0.231. The third-order valence-electron chi connectivity index (χ3n) is 2.98. The van der Waals surface area contributed by atoms with E-state index in [1.54, 1.807) is 35.3 Å². The topological polar surface area (TPSA) is 69.3 Å². The summed E-state index contributed by atoms with van der Waals surface area (Å²) in [4.78, 5) is 11.7. The number of rotatable bonds is 6. The maximum Gasteiger partial charge on any atom is 0.258 e. The fourth-order valence-corrected chi connectivity index (χ4v) is 1.90. The van der Waals surface area contributed by atoms with Gasteiger partial charge >= 0.3 is 0 Å². The van der Waals surface area contributed by atoms with Crippen LogP contribution in [0.4, 0.5) is 0 Å². The number of aromatic nitrogens is 2. The molecule has 112 valence electrons. The molecule has 2 aromatic heterocycles. The molecular formula is C16H15N3O3. The largest absolute Gasteiger partial charge is 0.467 e. The molecule has 6 heteroatoms. The minimum Gasteiger partial charge on any atom is -0.467 e. The average Bonchev–Trinajstić information content (AvgIpc) is 3.23. The van der Waals surface area contributed by atoms with Crippen LogP contribution in [0, 0.1) is 0 Å². The van der Waals surface area contributed by atoms with Crippen LogP contribution in [0.3, 0.4) is 0 Å². The quantitative estimate of drug-likeness (QED) is 0.757. The predicted octanol–water partition coefficient (Wildman–Crippen LogP) is 2.16. The Morgan fingerprint density at radius 3 is 2.82 bits per heavy atom. The normalized spacial score (nSPS) is 10.4. The zero-order chi connectivity index (χ0) is 15.2. The Labute approximate surface area is 127 Å². The molecule has 0 saturated carbocycles. The Kier molecular flexibility index (Phi) is 4.20. The maximum absolute atomic E-state index is 11.7. The van der Waals surface area contributed by atoms with E-state index in [-0.39, 0.29) is 12.5 Å². The standard InChI is InChI=1S/C16H15N3O3/c20-15(17-11-14-7-4-10-21-14)12-22-16-8-9-19(18-16)13-5-2-1-3-6-13/h1-10H,11-12H2,(H,17,20). The highest BCUT2D eigenvalue weighted by atomic mass is 16.5. The fourth-order valence-electron chi connectivity index (χ4n) is 1.90. The van der Waals surface area contributed by atoms with Crippen LogP contribution in [0.15, 0.2) is 65.4 Å². The number of ether oxygens (including phenoxy) is 1. The number of carbonyl (C=O) groups excluding carboxylic acids is 1. The summed E-state index contributed by atoms with van der Waals surface area (Å²) in [6.45, 7) is 0.250. The van der Waals surface area contributed by atoms with Crippen LogP contribution in [-0.4, -0.2) is 22.3 Å². The summed E-state index contributed by atoms with van der Waals surface area (Å²) in [7, 11) is 0. The summed E-state index contributed by atoms with van der Waals surface area (Å²) in [6.07, 6.45) is 3.35. The molecule has 0 radical (unpaired) electrons. The number of carbonyl (C=O) groups is 1. The van der Waals surface area contributed by atoms with Crippen LogP contribution in [-0.2, 0) is 11.3 Å². The molecular weight excluding hydrogens is 282 g/mol. The molecule has 2 heterocycles. The summed E-state index contributed by atoms with van der Waals surface area (Å²) in [5.41, 5.74) is 0.930. The van der Waals surface area contributed by atoms with E-state index in [4.69, 9.17) is 9.15 Å². The summed E-state index contributed by atoms with van der Waals surface area (Å²) in [5.74, 6) is 0.865. The maximum atomic E-state index is 11.7. The molecule has 0 aliphatic carbocycles. The van der Waals surface area contributed by atoms with E-state index in [0.29, 0.717) is 18.2 Å². The highest BCUT2D eigenvalue weighted by Crippen LogP contribution is 2.11. The van der Waals surface area contributed by atoms with E-state index in [0.717, 1.165) is 5.69 Å². The SMILES string of the molecule is O=C(COc1ccn(-c2ccccc2)n1)NCc1ccco1. The number of hydrogen-bond acceptors (Lipinski definition) is 4. The Morgan fingerprint density at radius 2 is 2.05 bits per heavy atom. The van der Waals surface area contributed by atoms with Gasteiger partial charge < -0.3 is 14.5 Å². The van der Waals surface area contributed by atoms with Crippen molar-refractivity contribution in [3.63, 3.8) is 0 Å². The Hall–Kier alpha value is -3.02. The molecule has 0 saturated heterocycles. The van der Waals surface area contributed by atoms with Gasteiger partial charge in [0.2, 0.25) is 5.88 Å². The van der Waals surface area contributed by atoms with Gasteiger partial charge in [0.1, 0.15) is 5.76 Å². The van der Waals surface area contributed by atoms with Crippen molar-refractivity contribution in [2.24, 2.45) is 0 Å². The van der Waals surface area contributed by atoms with Gasteiger partial charge in [0.05, 0.1) is 18.5 Å². The van der Waals surface area contributed by atoms with Gasteiger partial charge in [0.25, 0.3) is 5.91 Å². The molecule has 0 aliphatic heterocycles. The summed E-state index contributed by atoms with van der Waals surface area (Å²) >= 11 is 0. The Bertz CT molecular complexity index is 720. The van der Waals surface area contributed by atoms with Crippen LogP contribution < -0.4 is 10.1 Å². The molecule has 0 fully saturated rings. The lowest BCUT2D eigenvalue weighted by Crippen LogP contribution is -2.28. The van der Waals surface area contributed by atoms with E-state index in [2.05, 4.69) is 10.4 Å². The molecule has 3 rings (SSSR count). The summed E-state index contributed by atoms with van der Waals surface area (Å²) in [5, 5.41) is 6.96. The zero-order valence-electron chi connectivity index (χ0n) is 11.8. The highest BCUT2D eigenvalue weighted by Gasteiger charge is 2.06. The Balaban J connectivity index is 1.49. The van der Waals surface area contributed by atoms with Crippen molar-refractivity contribution in [3.8, 4) is 11.6 Å². The van der Waals surface area contributed by atoms with Crippen molar-refractivity contribution < 1.29 is 13.9 Å². The van der Waals surface area contributed by atoms with E-state index < -0.39 is 0 Å². The van der Waals surface area contributed by atoms with Crippen LogP contribution >= 0.6 is 0 Å². The molecule has 0 aliphatic rings. The first-order valence-corrected chi connectivity index (χ1v) is 6.84. The molecule has 1 amide bonds. The number of furan rings is 1.